The predicted octanol–water partition coefficient (Wildman–Crippen LogP) is 5.08. The van der Waals surface area contributed by atoms with Crippen molar-refractivity contribution in [2.45, 2.75) is 31.7 Å². The molecule has 0 aromatic heterocycles. The molecule has 0 radical (unpaired) electrons. The van der Waals surface area contributed by atoms with Crippen molar-refractivity contribution < 1.29 is 40.9 Å². The average molecular weight is 457 g/mol. The minimum Gasteiger partial charge on any atom is -0.497 e. The molecule has 3 atom stereocenters. The highest BCUT2D eigenvalue weighted by molar-refractivity contribution is 5.78. The number of ether oxygens (including phenoxy) is 4. The lowest BCUT2D eigenvalue weighted by molar-refractivity contribution is -0.243. The Morgan fingerprint density at radius 2 is 1.56 bits per heavy atom. The van der Waals surface area contributed by atoms with Crippen LogP contribution in [0.1, 0.15) is 31.1 Å². The van der Waals surface area contributed by atoms with Crippen molar-refractivity contribution in [1.82, 2.24) is 0 Å². The number of hydrogen-bond donors (Lipinski definition) is 0. The molecular formula is C22H20F5NO4. The van der Waals surface area contributed by atoms with Crippen LogP contribution in [0.3, 0.4) is 0 Å². The van der Waals surface area contributed by atoms with Gasteiger partial charge in [0.25, 0.3) is 0 Å². The molecule has 0 unspecified atom stereocenters. The number of nitrogens with zero attached hydrogens (tertiary/aromatic N) is 1. The van der Waals surface area contributed by atoms with Gasteiger partial charge in [0.1, 0.15) is 5.75 Å². The van der Waals surface area contributed by atoms with Gasteiger partial charge in [0, 0.05) is 24.4 Å². The number of fused-ring (bicyclic) bond motifs is 1. The molecule has 32 heavy (non-hydrogen) atoms. The van der Waals surface area contributed by atoms with E-state index in [1.807, 2.05) is 12.1 Å². The van der Waals surface area contributed by atoms with E-state index in [9.17, 15) is 22.0 Å². The van der Waals surface area contributed by atoms with Gasteiger partial charge in [-0.3, -0.25) is 4.99 Å². The molecule has 2 aromatic carbocycles. The molecule has 0 saturated carbocycles. The molecule has 0 N–H and O–H groups in total. The van der Waals surface area contributed by atoms with E-state index in [4.69, 9.17) is 18.9 Å². The minimum atomic E-state index is -2.24. The van der Waals surface area contributed by atoms with Crippen molar-refractivity contribution in [3.63, 3.8) is 0 Å². The number of halogens is 5. The van der Waals surface area contributed by atoms with Crippen LogP contribution in [-0.4, -0.2) is 32.3 Å². The Hall–Kier alpha value is -2.72. The Balaban J connectivity index is 1.47. The van der Waals surface area contributed by atoms with Crippen molar-refractivity contribution in [1.29, 1.82) is 0 Å². The van der Waals surface area contributed by atoms with Gasteiger partial charge < -0.3 is 18.9 Å². The Morgan fingerprint density at radius 1 is 0.906 bits per heavy atom. The summed E-state index contributed by atoms with van der Waals surface area (Å²) in [6.07, 6.45) is 0.147. The van der Waals surface area contributed by atoms with E-state index < -0.39 is 41.1 Å². The van der Waals surface area contributed by atoms with E-state index in [2.05, 4.69) is 4.99 Å². The van der Waals surface area contributed by atoms with Gasteiger partial charge in [0.05, 0.1) is 19.8 Å². The van der Waals surface area contributed by atoms with E-state index in [-0.39, 0.29) is 30.9 Å². The lowest BCUT2D eigenvalue weighted by atomic mass is 9.93. The maximum absolute atomic E-state index is 13.9. The van der Waals surface area contributed by atoms with Crippen LogP contribution in [0.4, 0.5) is 22.0 Å². The predicted molar refractivity (Wildman–Crippen MR) is 103 cm³/mol. The molecule has 0 amide bonds. The van der Waals surface area contributed by atoms with Gasteiger partial charge >= 0.3 is 0 Å². The largest absolute Gasteiger partial charge is 0.497 e. The van der Waals surface area contributed by atoms with Gasteiger partial charge in [0.2, 0.25) is 34.8 Å². The molecule has 1 fully saturated rings. The van der Waals surface area contributed by atoms with E-state index in [0.29, 0.717) is 25.2 Å². The molecule has 1 saturated heterocycles. The fourth-order valence-electron chi connectivity index (χ4n) is 3.71. The highest BCUT2D eigenvalue weighted by atomic mass is 19.2. The number of rotatable bonds is 3. The second-order valence-corrected chi connectivity index (χ2v) is 7.48. The van der Waals surface area contributed by atoms with Crippen LogP contribution in [0, 0.1) is 35.0 Å². The van der Waals surface area contributed by atoms with Crippen LogP contribution in [0.15, 0.2) is 29.3 Å². The SMILES string of the molecule is COc1ccc([C@H]2OC[C@@H]3CCN=C(Oc4c(F)c(F)c(F)c(F)c4F)CC[C@H]3O2)cc1. The number of benzene rings is 2. The van der Waals surface area contributed by atoms with E-state index in [1.54, 1.807) is 19.2 Å². The fourth-order valence-corrected chi connectivity index (χ4v) is 3.71. The molecule has 172 valence electrons. The standard InChI is InChI=1S/C22H20F5NO4/c1-29-13-4-2-11(3-5-13)22-30-10-12-8-9-28-15(7-6-14(12)31-22)32-21-19(26)17(24)16(23)18(25)20(21)27/h2-5,12,14,22H,6-10H2,1H3/t12-,14+,22-/m0/s1. The summed E-state index contributed by atoms with van der Waals surface area (Å²) in [5.41, 5.74) is 0.804. The third kappa shape index (κ3) is 4.42. The molecule has 0 spiro atoms. The van der Waals surface area contributed by atoms with Crippen LogP contribution < -0.4 is 9.47 Å². The van der Waals surface area contributed by atoms with Crippen molar-refractivity contribution in [3.8, 4) is 11.5 Å². The lowest BCUT2D eigenvalue weighted by Crippen LogP contribution is -2.38. The zero-order chi connectivity index (χ0) is 22.8. The zero-order valence-corrected chi connectivity index (χ0v) is 17.0. The van der Waals surface area contributed by atoms with E-state index >= 15 is 0 Å². The summed E-state index contributed by atoms with van der Waals surface area (Å²) in [5.74, 6) is -11.2. The van der Waals surface area contributed by atoms with Crippen molar-refractivity contribution >= 4 is 5.90 Å². The zero-order valence-electron chi connectivity index (χ0n) is 17.0. The van der Waals surface area contributed by atoms with Gasteiger partial charge in [-0.05, 0) is 25.0 Å². The maximum Gasteiger partial charge on any atom is 0.207 e. The summed E-state index contributed by atoms with van der Waals surface area (Å²) in [6.45, 7) is 0.663. The summed E-state index contributed by atoms with van der Waals surface area (Å²) in [5, 5.41) is 0. The third-order valence-electron chi connectivity index (χ3n) is 5.49. The molecule has 2 aromatic rings. The average Bonchev–Trinajstić information content (AvgIpc) is 2.81. The van der Waals surface area contributed by atoms with Gasteiger partial charge in [-0.2, -0.15) is 8.78 Å². The monoisotopic (exact) mass is 457 g/mol. The number of methoxy groups -OCH3 is 1. The fraction of sp³-hybridized carbons (Fsp3) is 0.409. The lowest BCUT2D eigenvalue weighted by Gasteiger charge is -2.37. The highest BCUT2D eigenvalue weighted by Gasteiger charge is 2.34. The maximum atomic E-state index is 13.9. The van der Waals surface area contributed by atoms with Crippen LogP contribution in [0.25, 0.3) is 0 Å². The second-order valence-electron chi connectivity index (χ2n) is 7.48. The molecule has 10 heteroatoms. The smallest absolute Gasteiger partial charge is 0.207 e. The Kier molecular flexibility index (Phi) is 6.61. The van der Waals surface area contributed by atoms with E-state index in [0.717, 1.165) is 5.56 Å². The summed E-state index contributed by atoms with van der Waals surface area (Å²) in [6, 6.07) is 7.22. The summed E-state index contributed by atoms with van der Waals surface area (Å²) in [4.78, 5) is 4.13. The highest BCUT2D eigenvalue weighted by Crippen LogP contribution is 2.35. The van der Waals surface area contributed by atoms with Crippen molar-refractivity contribution in [2.24, 2.45) is 10.9 Å². The Bertz CT molecular complexity index is 985. The molecule has 5 nitrogen and oxygen atoms in total. The third-order valence-corrected chi connectivity index (χ3v) is 5.49. The van der Waals surface area contributed by atoms with Crippen LogP contribution >= 0.6 is 0 Å². The van der Waals surface area contributed by atoms with Crippen LogP contribution in [0.2, 0.25) is 0 Å². The summed E-state index contributed by atoms with van der Waals surface area (Å²) >= 11 is 0. The van der Waals surface area contributed by atoms with Crippen molar-refractivity contribution in [3.05, 3.63) is 58.9 Å². The first-order chi connectivity index (χ1) is 15.4. The van der Waals surface area contributed by atoms with E-state index in [1.165, 1.54) is 0 Å². The first-order valence-electron chi connectivity index (χ1n) is 10.0. The first-order valence-corrected chi connectivity index (χ1v) is 10.0. The minimum absolute atomic E-state index is 0.0454. The van der Waals surface area contributed by atoms with Crippen LogP contribution in [-0.2, 0) is 9.47 Å². The second kappa shape index (κ2) is 9.41. The number of hydrogen-bond acceptors (Lipinski definition) is 5. The van der Waals surface area contributed by atoms with Gasteiger partial charge in [-0.1, -0.05) is 12.1 Å². The van der Waals surface area contributed by atoms with Crippen molar-refractivity contribution in [2.75, 3.05) is 20.3 Å². The van der Waals surface area contributed by atoms with Crippen LogP contribution in [0.5, 0.6) is 11.5 Å². The molecular weight excluding hydrogens is 437 g/mol. The molecule has 0 aliphatic carbocycles. The molecule has 4 rings (SSSR count). The quantitative estimate of drug-likeness (QED) is 0.366. The van der Waals surface area contributed by atoms with Gasteiger partial charge in [-0.25, -0.2) is 13.2 Å². The summed E-state index contributed by atoms with van der Waals surface area (Å²) < 4.78 is 90.2. The normalized spacial score (nSPS) is 23.6. The van der Waals surface area contributed by atoms with Gasteiger partial charge in [0.15, 0.2) is 12.2 Å². The Morgan fingerprint density at radius 3 is 2.22 bits per heavy atom. The molecule has 2 aliphatic heterocycles. The molecule has 2 heterocycles. The molecule has 2 aliphatic rings. The molecule has 0 bridgehead atoms. The topological polar surface area (TPSA) is 49.3 Å². The number of aliphatic imine (C=N–C) groups is 1. The van der Waals surface area contributed by atoms with Gasteiger partial charge in [-0.15, -0.1) is 0 Å². The first kappa shape index (κ1) is 22.5. The summed E-state index contributed by atoms with van der Waals surface area (Å²) in [7, 11) is 1.56. The Labute approximate surface area is 180 Å².